The van der Waals surface area contributed by atoms with Crippen LogP contribution in [0.5, 0.6) is 5.88 Å². The van der Waals surface area contributed by atoms with Gasteiger partial charge in [0.05, 0.1) is 22.5 Å². The molecule has 0 aliphatic rings. The quantitative estimate of drug-likeness (QED) is 0.361. The zero-order valence-electron chi connectivity index (χ0n) is 16.7. The summed E-state index contributed by atoms with van der Waals surface area (Å²) in [5.74, 6) is -0.517. The molecule has 4 rings (SSSR count). The van der Waals surface area contributed by atoms with Gasteiger partial charge in [-0.05, 0) is 48.9 Å². The minimum atomic E-state index is -4.60. The number of aromatic hydroxyl groups is 1. The smallest absolute Gasteiger partial charge is 0.416 e. The fourth-order valence-electron chi connectivity index (χ4n) is 3.42. The van der Waals surface area contributed by atoms with Crippen LogP contribution in [-0.2, 0) is 6.18 Å². The largest absolute Gasteiger partial charge is 0.494 e. The fraction of sp³-hybridized carbons (Fsp3) is 0.0833. The minimum Gasteiger partial charge on any atom is -0.494 e. The van der Waals surface area contributed by atoms with Gasteiger partial charge < -0.3 is 5.11 Å². The molecule has 0 aliphatic heterocycles. The summed E-state index contributed by atoms with van der Waals surface area (Å²) >= 11 is 6.14. The number of nitrogens with zero attached hydrogens (tertiary/aromatic N) is 2. The zero-order chi connectivity index (χ0) is 23.0. The minimum absolute atomic E-state index is 0.110. The lowest BCUT2D eigenvalue weighted by molar-refractivity contribution is -0.137. The molecule has 0 saturated carbocycles. The molecule has 4 aromatic rings. The normalized spacial score (nSPS) is 12.0. The van der Waals surface area contributed by atoms with E-state index >= 15 is 0 Å². The second-order valence-electron chi connectivity index (χ2n) is 7.11. The van der Waals surface area contributed by atoms with Gasteiger partial charge in [0.25, 0.3) is 5.56 Å². The predicted octanol–water partition coefficient (Wildman–Crippen LogP) is 6.43. The Bertz CT molecular complexity index is 1430. The Kier molecular flexibility index (Phi) is 5.52. The standard InChI is InChI=1S/C24H16ClF3N2O2/c1-14-20(25)10-5-11-21(14)29-13-19-17-8-2-3-9-18(17)22(31)30(23(19)32)16-7-4-6-15(12-16)24(26,27)28/h2-13,32H,1H3. The number of halogens is 4. The Morgan fingerprint density at radius 1 is 1.00 bits per heavy atom. The number of pyridine rings is 1. The topological polar surface area (TPSA) is 54.6 Å². The monoisotopic (exact) mass is 456 g/mol. The molecule has 1 aromatic heterocycles. The molecule has 1 N–H and O–H groups in total. The van der Waals surface area contributed by atoms with E-state index in [0.717, 1.165) is 22.3 Å². The van der Waals surface area contributed by atoms with Crippen LogP contribution < -0.4 is 5.56 Å². The van der Waals surface area contributed by atoms with Gasteiger partial charge in [-0.15, -0.1) is 0 Å². The molecule has 0 saturated heterocycles. The van der Waals surface area contributed by atoms with Crippen molar-refractivity contribution in [3.05, 3.63) is 98.8 Å². The summed E-state index contributed by atoms with van der Waals surface area (Å²) in [4.78, 5) is 17.5. The van der Waals surface area contributed by atoms with Crippen LogP contribution in [0.3, 0.4) is 0 Å². The molecular weight excluding hydrogens is 441 g/mol. The van der Waals surface area contributed by atoms with Gasteiger partial charge in [-0.25, -0.2) is 4.57 Å². The molecule has 0 atom stereocenters. The first-order valence-electron chi connectivity index (χ1n) is 9.52. The summed E-state index contributed by atoms with van der Waals surface area (Å²) in [6, 6.07) is 15.9. The van der Waals surface area contributed by atoms with Crippen molar-refractivity contribution in [3.63, 3.8) is 0 Å². The maximum Gasteiger partial charge on any atom is 0.416 e. The van der Waals surface area contributed by atoms with Crippen LogP contribution in [0.25, 0.3) is 16.5 Å². The molecule has 4 nitrogen and oxygen atoms in total. The van der Waals surface area contributed by atoms with E-state index in [0.29, 0.717) is 16.1 Å². The van der Waals surface area contributed by atoms with E-state index in [1.54, 1.807) is 49.4 Å². The number of benzene rings is 3. The summed E-state index contributed by atoms with van der Waals surface area (Å²) in [5.41, 5.74) is -0.218. The third kappa shape index (κ3) is 3.87. The highest BCUT2D eigenvalue weighted by Gasteiger charge is 2.31. The molecule has 0 radical (unpaired) electrons. The van der Waals surface area contributed by atoms with E-state index in [-0.39, 0.29) is 16.6 Å². The van der Waals surface area contributed by atoms with Gasteiger partial charge in [0.15, 0.2) is 0 Å². The van der Waals surface area contributed by atoms with Crippen molar-refractivity contribution in [3.8, 4) is 11.6 Å². The van der Waals surface area contributed by atoms with Gasteiger partial charge in [-0.3, -0.25) is 9.79 Å². The molecule has 32 heavy (non-hydrogen) atoms. The summed E-state index contributed by atoms with van der Waals surface area (Å²) in [7, 11) is 0. The second-order valence-corrected chi connectivity index (χ2v) is 7.52. The lowest BCUT2D eigenvalue weighted by Crippen LogP contribution is -2.20. The molecule has 0 spiro atoms. The lowest BCUT2D eigenvalue weighted by Gasteiger charge is -2.15. The first-order chi connectivity index (χ1) is 15.2. The molecule has 0 amide bonds. The maximum absolute atomic E-state index is 13.2. The van der Waals surface area contributed by atoms with Crippen LogP contribution in [0.1, 0.15) is 16.7 Å². The number of aromatic nitrogens is 1. The third-order valence-electron chi connectivity index (χ3n) is 5.11. The van der Waals surface area contributed by atoms with Crippen LogP contribution in [0.2, 0.25) is 5.02 Å². The van der Waals surface area contributed by atoms with Crippen molar-refractivity contribution >= 4 is 34.3 Å². The van der Waals surface area contributed by atoms with Crippen molar-refractivity contribution in [1.29, 1.82) is 0 Å². The summed E-state index contributed by atoms with van der Waals surface area (Å²) in [6.45, 7) is 1.79. The molecule has 8 heteroatoms. The molecule has 162 valence electrons. The van der Waals surface area contributed by atoms with Crippen LogP contribution in [-0.4, -0.2) is 15.9 Å². The SMILES string of the molecule is Cc1c(Cl)cccc1N=Cc1c(O)n(-c2cccc(C(F)(F)F)c2)c(=O)c2ccccc12. The number of fused-ring (bicyclic) bond motifs is 1. The number of aliphatic imine (C=N–C) groups is 1. The third-order valence-corrected chi connectivity index (χ3v) is 5.52. The predicted molar refractivity (Wildman–Crippen MR) is 120 cm³/mol. The van der Waals surface area contributed by atoms with E-state index in [1.807, 2.05) is 0 Å². The van der Waals surface area contributed by atoms with Crippen molar-refractivity contribution < 1.29 is 18.3 Å². The van der Waals surface area contributed by atoms with E-state index in [2.05, 4.69) is 4.99 Å². The first kappa shape index (κ1) is 21.6. The van der Waals surface area contributed by atoms with Gasteiger partial charge in [0, 0.05) is 22.0 Å². The zero-order valence-corrected chi connectivity index (χ0v) is 17.4. The van der Waals surface area contributed by atoms with Gasteiger partial charge in [-0.2, -0.15) is 13.2 Å². The highest BCUT2D eigenvalue weighted by atomic mass is 35.5. The van der Waals surface area contributed by atoms with E-state index in [1.165, 1.54) is 18.3 Å². The van der Waals surface area contributed by atoms with Gasteiger partial charge in [0.2, 0.25) is 5.88 Å². The highest BCUT2D eigenvalue weighted by molar-refractivity contribution is 6.31. The Morgan fingerprint density at radius 3 is 2.41 bits per heavy atom. The van der Waals surface area contributed by atoms with E-state index in [9.17, 15) is 23.1 Å². The van der Waals surface area contributed by atoms with Crippen molar-refractivity contribution in [2.75, 3.05) is 0 Å². The number of rotatable bonds is 3. The summed E-state index contributed by atoms with van der Waals surface area (Å²) < 4.78 is 40.5. The summed E-state index contributed by atoms with van der Waals surface area (Å²) in [5, 5.41) is 12.1. The Labute approximate surface area is 185 Å². The van der Waals surface area contributed by atoms with Gasteiger partial charge in [-0.1, -0.05) is 41.9 Å². The Hall–Kier alpha value is -3.58. The molecular formula is C24H16ClF3N2O2. The molecule has 0 unspecified atom stereocenters. The molecule has 0 bridgehead atoms. The van der Waals surface area contributed by atoms with E-state index < -0.39 is 23.2 Å². The summed E-state index contributed by atoms with van der Waals surface area (Å²) in [6.07, 6.45) is -3.22. The average molecular weight is 457 g/mol. The van der Waals surface area contributed by atoms with Crippen molar-refractivity contribution in [2.24, 2.45) is 4.99 Å². The van der Waals surface area contributed by atoms with Gasteiger partial charge in [0.1, 0.15) is 0 Å². The second kappa shape index (κ2) is 8.16. The highest BCUT2D eigenvalue weighted by Crippen LogP contribution is 2.32. The average Bonchev–Trinajstić information content (AvgIpc) is 2.76. The Morgan fingerprint density at radius 2 is 1.69 bits per heavy atom. The van der Waals surface area contributed by atoms with Crippen molar-refractivity contribution in [1.82, 2.24) is 4.57 Å². The molecule has 0 fully saturated rings. The number of alkyl halides is 3. The maximum atomic E-state index is 13.2. The lowest BCUT2D eigenvalue weighted by atomic mass is 10.1. The number of hydrogen-bond acceptors (Lipinski definition) is 3. The van der Waals surface area contributed by atoms with Crippen LogP contribution in [0.4, 0.5) is 18.9 Å². The molecule has 1 heterocycles. The van der Waals surface area contributed by atoms with Crippen LogP contribution in [0, 0.1) is 6.92 Å². The first-order valence-corrected chi connectivity index (χ1v) is 9.90. The molecule has 0 aliphatic carbocycles. The van der Waals surface area contributed by atoms with Gasteiger partial charge >= 0.3 is 6.18 Å². The van der Waals surface area contributed by atoms with Crippen LogP contribution >= 0.6 is 11.6 Å². The van der Waals surface area contributed by atoms with Crippen molar-refractivity contribution in [2.45, 2.75) is 13.1 Å². The number of hydrogen-bond donors (Lipinski definition) is 1. The van der Waals surface area contributed by atoms with E-state index in [4.69, 9.17) is 11.6 Å². The molecule has 3 aromatic carbocycles. The van der Waals surface area contributed by atoms with Crippen LogP contribution in [0.15, 0.2) is 76.5 Å². The Balaban J connectivity index is 1.98. The fourth-order valence-corrected chi connectivity index (χ4v) is 3.59.